The number of phosphoric acid groups is 1. The lowest BCUT2D eigenvalue weighted by atomic mass is 10.0. The van der Waals surface area contributed by atoms with Crippen molar-refractivity contribution in [1.29, 1.82) is 0 Å². The lowest BCUT2D eigenvalue weighted by Crippen LogP contribution is -2.43. The van der Waals surface area contributed by atoms with Crippen LogP contribution in [0.2, 0.25) is 0 Å². The van der Waals surface area contributed by atoms with E-state index >= 15 is 0 Å². The van der Waals surface area contributed by atoms with Crippen LogP contribution in [0.15, 0.2) is 48.5 Å². The van der Waals surface area contributed by atoms with Crippen LogP contribution in [0.4, 0.5) is 0 Å². The molecule has 2 aromatic rings. The molecule has 1 N–H and O–H groups in total. The lowest BCUT2D eigenvalue weighted by molar-refractivity contribution is -0.115. The molecule has 0 aliphatic rings. The van der Waals surface area contributed by atoms with Gasteiger partial charge < -0.3 is 19.1 Å². The molecule has 0 radical (unpaired) electrons. The predicted molar refractivity (Wildman–Crippen MR) is 118 cm³/mol. The third-order valence-electron chi connectivity index (χ3n) is 4.73. The van der Waals surface area contributed by atoms with Crippen LogP contribution in [0.3, 0.4) is 0 Å². The van der Waals surface area contributed by atoms with Crippen molar-refractivity contribution in [2.24, 2.45) is 0 Å². The second kappa shape index (κ2) is 12.2. The fourth-order valence-corrected chi connectivity index (χ4v) is 3.32. The van der Waals surface area contributed by atoms with Gasteiger partial charge in [0.2, 0.25) is 0 Å². The SMILES string of the molecule is COc1cccc(CCc2ccccc2O[C@@H](C(C)OCOP(=O)(O)OC)N(C)C)c1. The maximum Gasteiger partial charge on any atom is 0.474 e. The Kier molecular flexibility index (Phi) is 9.96. The van der Waals surface area contributed by atoms with Gasteiger partial charge in [0.05, 0.1) is 7.11 Å². The average Bonchev–Trinajstić information content (AvgIpc) is 2.76. The molecule has 0 amide bonds. The van der Waals surface area contributed by atoms with Crippen LogP contribution in [-0.4, -0.2) is 57.2 Å². The number of methoxy groups -OCH3 is 1. The van der Waals surface area contributed by atoms with E-state index in [1.54, 1.807) is 7.11 Å². The summed E-state index contributed by atoms with van der Waals surface area (Å²) < 4.78 is 37.7. The summed E-state index contributed by atoms with van der Waals surface area (Å²) in [6.07, 6.45) is 0.747. The summed E-state index contributed by atoms with van der Waals surface area (Å²) in [4.78, 5) is 11.2. The molecule has 0 heterocycles. The van der Waals surface area contributed by atoms with E-state index in [-0.39, 0.29) is 0 Å². The quantitative estimate of drug-likeness (QED) is 0.361. The van der Waals surface area contributed by atoms with E-state index in [0.29, 0.717) is 0 Å². The molecule has 172 valence electrons. The zero-order chi connectivity index (χ0) is 22.9. The molecule has 3 atom stereocenters. The van der Waals surface area contributed by atoms with Gasteiger partial charge in [0.1, 0.15) is 17.6 Å². The third-order valence-corrected chi connectivity index (χ3v) is 5.62. The Labute approximate surface area is 184 Å². The van der Waals surface area contributed by atoms with Gasteiger partial charge in [-0.1, -0.05) is 30.3 Å². The summed E-state index contributed by atoms with van der Waals surface area (Å²) in [5.74, 6) is 1.59. The van der Waals surface area contributed by atoms with Crippen molar-refractivity contribution in [2.45, 2.75) is 32.1 Å². The first kappa shape index (κ1) is 25.3. The van der Waals surface area contributed by atoms with Crippen LogP contribution in [0, 0.1) is 0 Å². The van der Waals surface area contributed by atoms with Crippen molar-refractivity contribution in [2.75, 3.05) is 35.1 Å². The highest BCUT2D eigenvalue weighted by molar-refractivity contribution is 7.47. The van der Waals surface area contributed by atoms with E-state index < -0.39 is 26.9 Å². The highest BCUT2D eigenvalue weighted by Gasteiger charge is 2.25. The van der Waals surface area contributed by atoms with Crippen LogP contribution >= 0.6 is 7.82 Å². The smallest absolute Gasteiger partial charge is 0.474 e. The number of phosphoric ester groups is 1. The topological polar surface area (TPSA) is 86.7 Å². The molecule has 2 unspecified atom stereocenters. The van der Waals surface area contributed by atoms with Crippen LogP contribution < -0.4 is 9.47 Å². The molecule has 0 bridgehead atoms. The van der Waals surface area contributed by atoms with Crippen LogP contribution in [0.25, 0.3) is 0 Å². The number of ether oxygens (including phenoxy) is 3. The van der Waals surface area contributed by atoms with E-state index in [2.05, 4.69) is 10.6 Å². The number of aryl methyl sites for hydroxylation is 2. The lowest BCUT2D eigenvalue weighted by Gasteiger charge is -2.31. The van der Waals surface area contributed by atoms with E-state index in [0.717, 1.165) is 37.0 Å². The molecule has 2 aromatic carbocycles. The maximum atomic E-state index is 11.4. The zero-order valence-corrected chi connectivity index (χ0v) is 19.6. The Bertz CT molecular complexity index is 861. The zero-order valence-electron chi connectivity index (χ0n) is 18.7. The number of hydrogen-bond acceptors (Lipinski definition) is 7. The number of rotatable bonds is 13. The highest BCUT2D eigenvalue weighted by atomic mass is 31.2. The molecule has 0 aliphatic heterocycles. The molecule has 2 rings (SSSR count). The Hall–Kier alpha value is -1.93. The number of benzene rings is 2. The summed E-state index contributed by atoms with van der Waals surface area (Å²) in [7, 11) is 2.41. The summed E-state index contributed by atoms with van der Waals surface area (Å²) in [6, 6.07) is 15.9. The van der Waals surface area contributed by atoms with Crippen molar-refractivity contribution in [3.05, 3.63) is 59.7 Å². The molecule has 0 fully saturated rings. The van der Waals surface area contributed by atoms with Crippen LogP contribution in [0.1, 0.15) is 18.1 Å². The summed E-state index contributed by atoms with van der Waals surface area (Å²) >= 11 is 0. The molecule has 0 spiro atoms. The predicted octanol–water partition coefficient (Wildman–Crippen LogP) is 3.87. The fraction of sp³-hybridized carbons (Fsp3) is 0.455. The standard InChI is InChI=1S/C22H32NO7P/c1-17(28-16-29-31(24,25)27-5)22(23(2)3)30-21-12-7-6-10-19(21)14-13-18-9-8-11-20(15-18)26-4/h6-12,15,17,22H,13-14,16H2,1-5H3,(H,24,25)/t17?,22-/m0/s1. The Morgan fingerprint density at radius 1 is 1.06 bits per heavy atom. The van der Waals surface area contributed by atoms with Crippen LogP contribution in [0.5, 0.6) is 11.5 Å². The first-order chi connectivity index (χ1) is 14.8. The maximum absolute atomic E-state index is 11.4. The molecule has 0 saturated carbocycles. The third kappa shape index (κ3) is 8.26. The minimum atomic E-state index is -4.09. The van der Waals surface area contributed by atoms with Gasteiger partial charge >= 0.3 is 7.82 Å². The van der Waals surface area contributed by atoms with Crippen molar-refractivity contribution in [3.63, 3.8) is 0 Å². The Morgan fingerprint density at radius 2 is 1.81 bits per heavy atom. The average molecular weight is 453 g/mol. The second-order valence-electron chi connectivity index (χ2n) is 7.20. The number of nitrogens with zero attached hydrogens (tertiary/aromatic N) is 1. The largest absolute Gasteiger partial charge is 0.497 e. The number of hydrogen-bond donors (Lipinski definition) is 1. The van der Waals surface area contributed by atoms with E-state index in [9.17, 15) is 9.46 Å². The first-order valence-electron chi connectivity index (χ1n) is 9.94. The van der Waals surface area contributed by atoms with E-state index in [1.165, 1.54) is 5.56 Å². The molecular formula is C22H32NO7P. The molecule has 0 aromatic heterocycles. The van der Waals surface area contributed by atoms with Gasteiger partial charge in [0.25, 0.3) is 0 Å². The van der Waals surface area contributed by atoms with Crippen molar-refractivity contribution in [3.8, 4) is 11.5 Å². The minimum Gasteiger partial charge on any atom is -0.497 e. The molecule has 0 aliphatic carbocycles. The number of likely N-dealkylation sites (N-methyl/N-ethyl adjacent to an activating group) is 1. The van der Waals surface area contributed by atoms with E-state index in [4.69, 9.17) is 18.7 Å². The molecule has 31 heavy (non-hydrogen) atoms. The Balaban J connectivity index is 2.04. The molecule has 0 saturated heterocycles. The van der Waals surface area contributed by atoms with Gasteiger partial charge in [-0.25, -0.2) is 4.57 Å². The Morgan fingerprint density at radius 3 is 2.48 bits per heavy atom. The molecular weight excluding hydrogens is 421 g/mol. The van der Waals surface area contributed by atoms with Gasteiger partial charge in [0.15, 0.2) is 13.0 Å². The highest BCUT2D eigenvalue weighted by Crippen LogP contribution is 2.41. The summed E-state index contributed by atoms with van der Waals surface area (Å²) in [6.45, 7) is 1.41. The van der Waals surface area contributed by atoms with Crippen molar-refractivity contribution in [1.82, 2.24) is 4.90 Å². The van der Waals surface area contributed by atoms with E-state index in [1.807, 2.05) is 68.4 Å². The fourth-order valence-electron chi connectivity index (χ4n) is 3.02. The van der Waals surface area contributed by atoms with Gasteiger partial charge in [-0.15, -0.1) is 0 Å². The molecule has 9 heteroatoms. The van der Waals surface area contributed by atoms with Crippen molar-refractivity contribution < 1.29 is 32.7 Å². The summed E-state index contributed by atoms with van der Waals surface area (Å²) in [5.41, 5.74) is 2.25. The minimum absolute atomic E-state index is 0.395. The second-order valence-corrected chi connectivity index (χ2v) is 8.76. The van der Waals surface area contributed by atoms with Gasteiger partial charge in [-0.05, 0) is 63.2 Å². The first-order valence-corrected chi connectivity index (χ1v) is 11.4. The monoisotopic (exact) mass is 453 g/mol. The van der Waals surface area contributed by atoms with Gasteiger partial charge in [-0.2, -0.15) is 0 Å². The van der Waals surface area contributed by atoms with Gasteiger partial charge in [-0.3, -0.25) is 13.9 Å². The summed E-state index contributed by atoms with van der Waals surface area (Å²) in [5, 5.41) is 0. The van der Waals surface area contributed by atoms with Gasteiger partial charge in [0, 0.05) is 7.11 Å². The molecule has 8 nitrogen and oxygen atoms in total. The normalized spacial score (nSPS) is 15.3. The van der Waals surface area contributed by atoms with Crippen molar-refractivity contribution >= 4 is 7.82 Å². The van der Waals surface area contributed by atoms with Crippen LogP contribution in [-0.2, 0) is 31.2 Å². The number of para-hydroxylation sites is 1.